The summed E-state index contributed by atoms with van der Waals surface area (Å²) in [5, 5.41) is 4.22. The van der Waals surface area contributed by atoms with E-state index in [9.17, 15) is 4.79 Å². The van der Waals surface area contributed by atoms with Gasteiger partial charge < -0.3 is 5.32 Å². The largest absolute Gasteiger partial charge is 0.349 e. The first-order valence-electron chi connectivity index (χ1n) is 7.62. The van der Waals surface area contributed by atoms with E-state index in [2.05, 4.69) is 23.5 Å². The molecule has 1 saturated carbocycles. The maximum atomic E-state index is 12.4. The molecular weight excluding hydrogens is 304 g/mol. The van der Waals surface area contributed by atoms with Gasteiger partial charge in [-0.2, -0.15) is 11.8 Å². The van der Waals surface area contributed by atoms with Gasteiger partial charge in [0.15, 0.2) is 0 Å². The van der Waals surface area contributed by atoms with Gasteiger partial charge in [0.25, 0.3) is 5.91 Å². The zero-order valence-corrected chi connectivity index (χ0v) is 14.3. The lowest BCUT2D eigenvalue weighted by atomic mass is 9.94. The molecule has 1 aliphatic rings. The van der Waals surface area contributed by atoms with Crippen molar-refractivity contribution in [3.63, 3.8) is 0 Å². The summed E-state index contributed by atoms with van der Waals surface area (Å²) < 4.78 is 0. The van der Waals surface area contributed by atoms with E-state index in [1.807, 2.05) is 17.8 Å². The van der Waals surface area contributed by atoms with Gasteiger partial charge in [-0.05, 0) is 44.1 Å². The Balaban J connectivity index is 2.02. The van der Waals surface area contributed by atoms with Gasteiger partial charge in [0, 0.05) is 22.5 Å². The van der Waals surface area contributed by atoms with E-state index in [1.54, 1.807) is 6.07 Å². The lowest BCUT2D eigenvalue weighted by Gasteiger charge is -2.28. The predicted molar refractivity (Wildman–Crippen MR) is 90.3 cm³/mol. The molecule has 5 heteroatoms. The molecule has 21 heavy (non-hydrogen) atoms. The first-order chi connectivity index (χ1) is 10.1. The van der Waals surface area contributed by atoms with Crippen LogP contribution in [0.3, 0.4) is 0 Å². The number of carbonyl (C=O) groups is 1. The van der Waals surface area contributed by atoms with E-state index in [-0.39, 0.29) is 11.9 Å². The molecule has 1 amide bonds. The smallest absolute Gasteiger partial charge is 0.251 e. The van der Waals surface area contributed by atoms with Crippen LogP contribution in [0.4, 0.5) is 0 Å². The molecule has 1 fully saturated rings. The summed E-state index contributed by atoms with van der Waals surface area (Å²) in [7, 11) is 0. The van der Waals surface area contributed by atoms with Crippen molar-refractivity contribution >= 4 is 29.3 Å². The third kappa shape index (κ3) is 4.89. The number of hydrogen-bond donors (Lipinski definition) is 1. The molecule has 1 aliphatic carbocycles. The number of aromatic nitrogens is 1. The number of carbonyl (C=O) groups excluding carboxylic acids is 1. The molecule has 1 heterocycles. The highest BCUT2D eigenvalue weighted by Crippen LogP contribution is 2.27. The zero-order chi connectivity index (χ0) is 15.2. The number of nitrogens with one attached hydrogen (secondary N) is 1. The minimum atomic E-state index is -0.0246. The van der Waals surface area contributed by atoms with Crippen LogP contribution in [0, 0.1) is 0 Å². The lowest BCUT2D eigenvalue weighted by Crippen LogP contribution is -2.39. The van der Waals surface area contributed by atoms with E-state index >= 15 is 0 Å². The maximum Gasteiger partial charge on any atom is 0.251 e. The lowest BCUT2D eigenvalue weighted by molar-refractivity contribution is 0.0928. The van der Waals surface area contributed by atoms with E-state index in [4.69, 9.17) is 11.6 Å². The monoisotopic (exact) mass is 326 g/mol. The van der Waals surface area contributed by atoms with E-state index < -0.39 is 0 Å². The van der Waals surface area contributed by atoms with Gasteiger partial charge in [0.2, 0.25) is 0 Å². The SMILES string of the molecule is CCCc1cc(C(=O)NC2CCCC(SC)C2)cc(Cl)n1. The average Bonchev–Trinajstić information content (AvgIpc) is 2.47. The first kappa shape index (κ1) is 16.6. The fraction of sp³-hybridized carbons (Fsp3) is 0.625. The van der Waals surface area contributed by atoms with Gasteiger partial charge in [-0.1, -0.05) is 31.4 Å². The van der Waals surface area contributed by atoms with Crippen LogP contribution in [0.2, 0.25) is 5.15 Å². The highest BCUT2D eigenvalue weighted by molar-refractivity contribution is 7.99. The summed E-state index contributed by atoms with van der Waals surface area (Å²) in [6.07, 6.45) is 8.57. The number of pyridine rings is 1. The molecule has 116 valence electrons. The summed E-state index contributed by atoms with van der Waals surface area (Å²) in [6, 6.07) is 3.80. The Morgan fingerprint density at radius 1 is 1.48 bits per heavy atom. The molecule has 0 radical (unpaired) electrons. The molecule has 0 aromatic carbocycles. The topological polar surface area (TPSA) is 42.0 Å². The molecule has 2 rings (SSSR count). The van der Waals surface area contributed by atoms with E-state index in [0.717, 1.165) is 31.4 Å². The van der Waals surface area contributed by atoms with Crippen molar-refractivity contribution in [3.8, 4) is 0 Å². The molecular formula is C16H23ClN2OS. The second kappa shape index (κ2) is 8.04. The summed E-state index contributed by atoms with van der Waals surface area (Å²) >= 11 is 7.93. The molecule has 1 N–H and O–H groups in total. The highest BCUT2D eigenvalue weighted by Gasteiger charge is 2.23. The Kier molecular flexibility index (Phi) is 6.37. The number of rotatable bonds is 5. The van der Waals surface area contributed by atoms with Crippen LogP contribution in [0.1, 0.15) is 55.1 Å². The number of aryl methyl sites for hydroxylation is 1. The fourth-order valence-electron chi connectivity index (χ4n) is 2.83. The van der Waals surface area contributed by atoms with Crippen molar-refractivity contribution in [3.05, 3.63) is 28.5 Å². The third-order valence-corrected chi connectivity index (χ3v) is 5.20. The number of thioether (sulfide) groups is 1. The molecule has 0 saturated heterocycles. The molecule has 0 bridgehead atoms. The van der Waals surface area contributed by atoms with Crippen molar-refractivity contribution in [1.29, 1.82) is 0 Å². The van der Waals surface area contributed by atoms with Gasteiger partial charge in [-0.15, -0.1) is 0 Å². The number of nitrogens with zero attached hydrogens (tertiary/aromatic N) is 1. The van der Waals surface area contributed by atoms with Crippen LogP contribution in [0.15, 0.2) is 12.1 Å². The second-order valence-corrected chi connectivity index (χ2v) is 7.14. The summed E-state index contributed by atoms with van der Waals surface area (Å²) in [5.41, 5.74) is 1.52. The van der Waals surface area contributed by atoms with Gasteiger partial charge in [0.05, 0.1) is 0 Å². The maximum absolute atomic E-state index is 12.4. The van der Waals surface area contributed by atoms with Crippen molar-refractivity contribution in [2.45, 2.75) is 56.7 Å². The van der Waals surface area contributed by atoms with Gasteiger partial charge in [0.1, 0.15) is 5.15 Å². The van der Waals surface area contributed by atoms with E-state index in [0.29, 0.717) is 16.0 Å². The quantitative estimate of drug-likeness (QED) is 0.829. The number of hydrogen-bond acceptors (Lipinski definition) is 3. The minimum absolute atomic E-state index is 0.0246. The summed E-state index contributed by atoms with van der Waals surface area (Å²) in [6.45, 7) is 2.09. The Labute approximate surface area is 136 Å². The summed E-state index contributed by atoms with van der Waals surface area (Å²) in [5.74, 6) is -0.0246. The van der Waals surface area contributed by atoms with Gasteiger partial charge in [-0.3, -0.25) is 4.79 Å². The average molecular weight is 327 g/mol. The van der Waals surface area contributed by atoms with Crippen LogP contribution in [-0.2, 0) is 6.42 Å². The third-order valence-electron chi connectivity index (χ3n) is 3.91. The molecule has 1 aromatic heterocycles. The van der Waals surface area contributed by atoms with Crippen LogP contribution in [-0.4, -0.2) is 28.4 Å². The molecule has 0 aliphatic heterocycles. The first-order valence-corrected chi connectivity index (χ1v) is 9.29. The highest BCUT2D eigenvalue weighted by atomic mass is 35.5. The molecule has 0 spiro atoms. The Morgan fingerprint density at radius 3 is 3.00 bits per heavy atom. The molecule has 2 unspecified atom stereocenters. The fourth-order valence-corrected chi connectivity index (χ4v) is 3.88. The molecule has 3 nitrogen and oxygen atoms in total. The van der Waals surface area contributed by atoms with Gasteiger partial charge >= 0.3 is 0 Å². The van der Waals surface area contributed by atoms with E-state index in [1.165, 1.54) is 12.8 Å². The van der Waals surface area contributed by atoms with Crippen molar-refractivity contribution in [2.24, 2.45) is 0 Å². The van der Waals surface area contributed by atoms with Crippen LogP contribution in [0.5, 0.6) is 0 Å². The number of amides is 1. The van der Waals surface area contributed by atoms with Gasteiger partial charge in [-0.25, -0.2) is 4.98 Å². The normalized spacial score (nSPS) is 22.0. The van der Waals surface area contributed by atoms with Crippen molar-refractivity contribution < 1.29 is 4.79 Å². The summed E-state index contributed by atoms with van der Waals surface area (Å²) in [4.78, 5) is 16.7. The standard InChI is InChI=1S/C16H23ClN2OS/c1-3-5-12-8-11(9-15(17)18-12)16(20)19-13-6-4-7-14(10-13)21-2/h8-9,13-14H,3-7,10H2,1-2H3,(H,19,20). The minimum Gasteiger partial charge on any atom is -0.349 e. The number of halogens is 1. The van der Waals surface area contributed by atoms with Crippen LogP contribution < -0.4 is 5.32 Å². The Bertz CT molecular complexity index is 495. The Morgan fingerprint density at radius 2 is 2.29 bits per heavy atom. The van der Waals surface area contributed by atoms with Crippen LogP contribution >= 0.6 is 23.4 Å². The van der Waals surface area contributed by atoms with Crippen molar-refractivity contribution in [1.82, 2.24) is 10.3 Å². The predicted octanol–water partition coefficient (Wildman–Crippen LogP) is 4.09. The Hall–Kier alpha value is -0.740. The van der Waals surface area contributed by atoms with Crippen LogP contribution in [0.25, 0.3) is 0 Å². The molecule has 2 atom stereocenters. The zero-order valence-electron chi connectivity index (χ0n) is 12.7. The second-order valence-electron chi connectivity index (χ2n) is 5.61. The van der Waals surface area contributed by atoms with Crippen molar-refractivity contribution in [2.75, 3.05) is 6.26 Å². The molecule has 1 aromatic rings.